The van der Waals surface area contributed by atoms with Crippen molar-refractivity contribution in [3.63, 3.8) is 0 Å². The average molecular weight is 325 g/mol. The summed E-state index contributed by atoms with van der Waals surface area (Å²) in [6, 6.07) is 6.40. The SMILES string of the molecule is Clc1nc(Nc2ccc3c(c2)CCC3)ncc1Br. The molecule has 5 heteroatoms. The molecule has 1 aliphatic carbocycles. The lowest BCUT2D eigenvalue weighted by atomic mass is 10.1. The van der Waals surface area contributed by atoms with E-state index in [9.17, 15) is 0 Å². The maximum Gasteiger partial charge on any atom is 0.228 e. The minimum absolute atomic E-state index is 0.411. The predicted molar refractivity (Wildman–Crippen MR) is 76.5 cm³/mol. The van der Waals surface area contributed by atoms with E-state index >= 15 is 0 Å². The molecule has 1 aromatic carbocycles. The number of aromatic nitrogens is 2. The number of rotatable bonds is 2. The van der Waals surface area contributed by atoms with Crippen molar-refractivity contribution in [1.29, 1.82) is 0 Å². The fraction of sp³-hybridized carbons (Fsp3) is 0.231. The average Bonchev–Trinajstić information content (AvgIpc) is 2.81. The number of anilines is 2. The van der Waals surface area contributed by atoms with Crippen LogP contribution in [0.1, 0.15) is 17.5 Å². The van der Waals surface area contributed by atoms with Crippen LogP contribution in [0, 0.1) is 0 Å². The van der Waals surface area contributed by atoms with E-state index in [4.69, 9.17) is 11.6 Å². The topological polar surface area (TPSA) is 37.8 Å². The molecule has 2 aromatic rings. The zero-order valence-corrected chi connectivity index (χ0v) is 11.9. The van der Waals surface area contributed by atoms with Crippen molar-refractivity contribution in [3.05, 3.63) is 45.1 Å². The number of nitrogens with one attached hydrogen (secondary N) is 1. The van der Waals surface area contributed by atoms with Gasteiger partial charge >= 0.3 is 0 Å². The van der Waals surface area contributed by atoms with E-state index in [2.05, 4.69) is 49.4 Å². The molecule has 0 bridgehead atoms. The van der Waals surface area contributed by atoms with Crippen LogP contribution in [-0.2, 0) is 12.8 Å². The number of nitrogens with zero attached hydrogens (tertiary/aromatic N) is 2. The van der Waals surface area contributed by atoms with Crippen molar-refractivity contribution in [2.24, 2.45) is 0 Å². The Kier molecular flexibility index (Phi) is 3.22. The number of aryl methyl sites for hydroxylation is 2. The first-order chi connectivity index (χ1) is 8.72. The normalized spacial score (nSPS) is 13.4. The van der Waals surface area contributed by atoms with Crippen LogP contribution < -0.4 is 5.32 Å². The first kappa shape index (κ1) is 11.9. The Morgan fingerprint density at radius 2 is 2.06 bits per heavy atom. The summed E-state index contributed by atoms with van der Waals surface area (Å²) in [5.41, 5.74) is 3.88. The van der Waals surface area contributed by atoms with Gasteiger partial charge in [-0.05, 0) is 58.5 Å². The van der Waals surface area contributed by atoms with E-state index in [0.717, 1.165) is 12.1 Å². The lowest BCUT2D eigenvalue weighted by Gasteiger charge is -2.07. The van der Waals surface area contributed by atoms with E-state index in [-0.39, 0.29) is 0 Å². The molecule has 0 saturated heterocycles. The van der Waals surface area contributed by atoms with Crippen molar-refractivity contribution in [1.82, 2.24) is 9.97 Å². The molecule has 92 valence electrons. The Labute approximate surface area is 119 Å². The second-order valence-corrected chi connectivity index (χ2v) is 5.51. The van der Waals surface area contributed by atoms with Crippen molar-refractivity contribution in [3.8, 4) is 0 Å². The van der Waals surface area contributed by atoms with Crippen LogP contribution in [0.25, 0.3) is 0 Å². The van der Waals surface area contributed by atoms with E-state index in [1.165, 1.54) is 24.0 Å². The first-order valence-electron chi connectivity index (χ1n) is 5.79. The van der Waals surface area contributed by atoms with E-state index in [1.807, 2.05) is 0 Å². The van der Waals surface area contributed by atoms with Crippen LogP contribution in [0.5, 0.6) is 0 Å². The third-order valence-electron chi connectivity index (χ3n) is 3.06. The highest BCUT2D eigenvalue weighted by Crippen LogP contribution is 2.26. The fourth-order valence-corrected chi connectivity index (χ4v) is 2.51. The summed E-state index contributed by atoms with van der Waals surface area (Å²) in [7, 11) is 0. The summed E-state index contributed by atoms with van der Waals surface area (Å²) in [5, 5.41) is 3.58. The van der Waals surface area contributed by atoms with Gasteiger partial charge in [-0.3, -0.25) is 0 Å². The molecule has 0 unspecified atom stereocenters. The van der Waals surface area contributed by atoms with Crippen LogP contribution in [0.4, 0.5) is 11.6 Å². The van der Waals surface area contributed by atoms with Gasteiger partial charge in [0.15, 0.2) is 0 Å². The van der Waals surface area contributed by atoms with Crippen molar-refractivity contribution >= 4 is 39.2 Å². The van der Waals surface area contributed by atoms with E-state index in [0.29, 0.717) is 15.6 Å². The van der Waals surface area contributed by atoms with Crippen molar-refractivity contribution < 1.29 is 0 Å². The molecule has 0 amide bonds. The van der Waals surface area contributed by atoms with Crippen molar-refractivity contribution in [2.45, 2.75) is 19.3 Å². The Bertz CT molecular complexity index is 601. The van der Waals surface area contributed by atoms with Gasteiger partial charge in [-0.1, -0.05) is 17.7 Å². The highest BCUT2D eigenvalue weighted by molar-refractivity contribution is 9.10. The van der Waals surface area contributed by atoms with E-state index < -0.39 is 0 Å². The molecule has 0 fully saturated rings. The molecule has 18 heavy (non-hydrogen) atoms. The van der Waals surface area contributed by atoms with Crippen LogP contribution in [0.3, 0.4) is 0 Å². The first-order valence-corrected chi connectivity index (χ1v) is 6.96. The summed E-state index contributed by atoms with van der Waals surface area (Å²) >= 11 is 9.21. The quantitative estimate of drug-likeness (QED) is 0.844. The van der Waals surface area contributed by atoms with Gasteiger partial charge in [-0.2, -0.15) is 4.98 Å². The maximum absolute atomic E-state index is 5.94. The molecular formula is C13H11BrClN3. The number of hydrogen-bond donors (Lipinski definition) is 1. The van der Waals surface area contributed by atoms with Gasteiger partial charge in [-0.25, -0.2) is 4.98 Å². The van der Waals surface area contributed by atoms with Gasteiger partial charge < -0.3 is 5.32 Å². The largest absolute Gasteiger partial charge is 0.324 e. The Morgan fingerprint density at radius 1 is 1.22 bits per heavy atom. The number of halogens is 2. The molecule has 1 N–H and O–H groups in total. The minimum Gasteiger partial charge on any atom is -0.324 e. The molecule has 1 heterocycles. The molecule has 0 aliphatic heterocycles. The second kappa shape index (κ2) is 4.86. The summed E-state index contributed by atoms with van der Waals surface area (Å²) in [6.45, 7) is 0. The molecule has 3 rings (SSSR count). The molecule has 3 nitrogen and oxygen atoms in total. The summed E-state index contributed by atoms with van der Waals surface area (Å²) < 4.78 is 0.698. The lowest BCUT2D eigenvalue weighted by Crippen LogP contribution is -1.98. The van der Waals surface area contributed by atoms with Crippen LogP contribution in [0.15, 0.2) is 28.9 Å². The molecule has 0 radical (unpaired) electrons. The smallest absolute Gasteiger partial charge is 0.228 e. The third kappa shape index (κ3) is 2.35. The Hall–Kier alpha value is -1.13. The summed E-state index contributed by atoms with van der Waals surface area (Å²) in [5.74, 6) is 0.515. The fourth-order valence-electron chi connectivity index (χ4n) is 2.19. The van der Waals surface area contributed by atoms with Gasteiger partial charge in [0.1, 0.15) is 5.15 Å². The summed E-state index contributed by atoms with van der Waals surface area (Å²) in [6.07, 6.45) is 5.24. The second-order valence-electron chi connectivity index (χ2n) is 4.29. The zero-order chi connectivity index (χ0) is 12.5. The number of hydrogen-bond acceptors (Lipinski definition) is 3. The molecule has 0 atom stereocenters. The van der Waals surface area contributed by atoms with Crippen LogP contribution in [-0.4, -0.2) is 9.97 Å². The highest BCUT2D eigenvalue weighted by atomic mass is 79.9. The van der Waals surface area contributed by atoms with Gasteiger partial charge in [0.25, 0.3) is 0 Å². The number of benzene rings is 1. The molecule has 0 spiro atoms. The van der Waals surface area contributed by atoms with Gasteiger partial charge in [-0.15, -0.1) is 0 Å². The monoisotopic (exact) mass is 323 g/mol. The van der Waals surface area contributed by atoms with Gasteiger partial charge in [0, 0.05) is 11.9 Å². The van der Waals surface area contributed by atoms with Crippen LogP contribution >= 0.6 is 27.5 Å². The van der Waals surface area contributed by atoms with Crippen LogP contribution in [0.2, 0.25) is 5.15 Å². The Morgan fingerprint density at radius 3 is 2.89 bits per heavy atom. The van der Waals surface area contributed by atoms with E-state index in [1.54, 1.807) is 6.20 Å². The van der Waals surface area contributed by atoms with Gasteiger partial charge in [0.2, 0.25) is 5.95 Å². The van der Waals surface area contributed by atoms with Crippen molar-refractivity contribution in [2.75, 3.05) is 5.32 Å². The standard InChI is InChI=1S/C13H11BrClN3/c14-11-7-16-13(18-12(11)15)17-10-5-4-8-2-1-3-9(8)6-10/h4-7H,1-3H2,(H,16,17,18). The molecule has 1 aromatic heterocycles. The zero-order valence-electron chi connectivity index (χ0n) is 9.58. The lowest BCUT2D eigenvalue weighted by molar-refractivity contribution is 0.912. The Balaban J connectivity index is 1.85. The highest BCUT2D eigenvalue weighted by Gasteiger charge is 2.11. The maximum atomic E-state index is 5.94. The predicted octanol–water partition coefficient (Wildman–Crippen LogP) is 4.12. The van der Waals surface area contributed by atoms with Gasteiger partial charge in [0.05, 0.1) is 4.47 Å². The molecule has 1 aliphatic rings. The molecular weight excluding hydrogens is 314 g/mol. The molecule has 0 saturated carbocycles. The third-order valence-corrected chi connectivity index (χ3v) is 4.15. The minimum atomic E-state index is 0.411. The summed E-state index contributed by atoms with van der Waals surface area (Å²) in [4.78, 5) is 8.33. The number of fused-ring (bicyclic) bond motifs is 1.